The first kappa shape index (κ1) is 23.8. The Bertz CT molecular complexity index is 332. The van der Waals surface area contributed by atoms with Crippen molar-refractivity contribution >= 4 is 0 Å². The molecule has 156 valence electrons. The normalized spacial score (nSPS) is 17.3. The van der Waals surface area contributed by atoms with Gasteiger partial charge in [-0.15, -0.1) is 0 Å². The topological polar surface area (TPSA) is 43.4 Å². The third-order valence-electron chi connectivity index (χ3n) is 4.82. The molecule has 26 heavy (non-hydrogen) atoms. The van der Waals surface area contributed by atoms with Gasteiger partial charge >= 0.3 is 0 Å². The summed E-state index contributed by atoms with van der Waals surface area (Å²) < 4.78 is 22.5. The Balaban J connectivity index is 1.91. The van der Waals surface area contributed by atoms with Crippen LogP contribution in [0, 0.1) is 0 Å². The summed E-state index contributed by atoms with van der Waals surface area (Å²) in [6.45, 7) is 21.3. The van der Waals surface area contributed by atoms with Crippen molar-refractivity contribution < 1.29 is 18.9 Å². The second-order valence-electron chi connectivity index (χ2n) is 7.79. The smallest absolute Gasteiger partial charge is 0.0703 e. The molecule has 0 atom stereocenters. The Morgan fingerprint density at radius 3 is 1.81 bits per heavy atom. The highest BCUT2D eigenvalue weighted by atomic mass is 16.5. The number of hydrogen-bond acceptors (Lipinski definition) is 6. The fourth-order valence-corrected chi connectivity index (χ4v) is 2.65. The molecule has 0 radical (unpaired) electrons. The van der Waals surface area contributed by atoms with E-state index in [9.17, 15) is 0 Å². The quantitative estimate of drug-likeness (QED) is 0.410. The molecule has 1 saturated heterocycles. The van der Waals surface area contributed by atoms with E-state index in [-0.39, 0.29) is 11.7 Å². The third-order valence-corrected chi connectivity index (χ3v) is 4.82. The summed E-state index contributed by atoms with van der Waals surface area (Å²) >= 11 is 0. The molecular weight excluding hydrogens is 332 g/mol. The van der Waals surface area contributed by atoms with E-state index in [0.29, 0.717) is 26.4 Å². The molecule has 0 aliphatic carbocycles. The van der Waals surface area contributed by atoms with Crippen LogP contribution in [0.4, 0.5) is 0 Å². The summed E-state index contributed by atoms with van der Waals surface area (Å²) in [4.78, 5) is 4.97. The predicted octanol–water partition coefficient (Wildman–Crippen LogP) is 2.27. The van der Waals surface area contributed by atoms with Crippen LogP contribution in [0.3, 0.4) is 0 Å². The molecule has 1 aliphatic rings. The van der Waals surface area contributed by atoms with Crippen molar-refractivity contribution in [3.63, 3.8) is 0 Å². The van der Waals surface area contributed by atoms with Crippen LogP contribution in [0.5, 0.6) is 0 Å². The minimum atomic E-state index is 0.00429. The van der Waals surface area contributed by atoms with E-state index in [0.717, 1.165) is 58.9 Å². The van der Waals surface area contributed by atoms with Gasteiger partial charge in [0, 0.05) is 39.3 Å². The monoisotopic (exact) mass is 374 g/mol. The van der Waals surface area contributed by atoms with Crippen molar-refractivity contribution in [2.75, 3.05) is 78.9 Å². The Labute approximate surface area is 161 Å². The maximum absolute atomic E-state index is 5.95. The van der Waals surface area contributed by atoms with Gasteiger partial charge in [0.1, 0.15) is 0 Å². The van der Waals surface area contributed by atoms with Crippen molar-refractivity contribution in [1.82, 2.24) is 9.80 Å². The molecule has 0 spiro atoms. The summed E-state index contributed by atoms with van der Waals surface area (Å²) in [5.41, 5.74) is 0.00429. The number of piperazine rings is 1. The highest BCUT2D eigenvalue weighted by molar-refractivity contribution is 4.72. The standard InChI is InChI=1S/C20H42N2O4/c1-6-20(4,5)26-14-12-22-9-7-21(8-10-22)11-13-23-15-16-24-17-18-25-19(2)3/h19H,6-18H2,1-5H3. The fourth-order valence-electron chi connectivity index (χ4n) is 2.65. The molecule has 0 aromatic carbocycles. The van der Waals surface area contributed by atoms with E-state index in [1.807, 2.05) is 13.8 Å². The average Bonchev–Trinajstić information content (AvgIpc) is 2.61. The lowest BCUT2D eigenvalue weighted by molar-refractivity contribution is -0.0336. The average molecular weight is 375 g/mol. The molecule has 1 heterocycles. The lowest BCUT2D eigenvalue weighted by atomic mass is 10.1. The molecule has 0 aromatic heterocycles. The fraction of sp³-hybridized carbons (Fsp3) is 1.00. The number of rotatable bonds is 15. The summed E-state index contributed by atoms with van der Waals surface area (Å²) in [6, 6.07) is 0. The molecule has 0 unspecified atom stereocenters. The molecule has 0 N–H and O–H groups in total. The predicted molar refractivity (Wildman–Crippen MR) is 106 cm³/mol. The maximum atomic E-state index is 5.95. The molecular formula is C20H42N2O4. The minimum Gasteiger partial charge on any atom is -0.378 e. The lowest BCUT2D eigenvalue weighted by Gasteiger charge is -2.35. The number of ether oxygens (including phenoxy) is 4. The van der Waals surface area contributed by atoms with Crippen LogP contribution in [0.25, 0.3) is 0 Å². The Morgan fingerprint density at radius 2 is 1.27 bits per heavy atom. The van der Waals surface area contributed by atoms with Crippen LogP contribution in [0.1, 0.15) is 41.0 Å². The first-order chi connectivity index (χ1) is 12.4. The van der Waals surface area contributed by atoms with E-state index in [4.69, 9.17) is 18.9 Å². The van der Waals surface area contributed by atoms with Gasteiger partial charge in [0.25, 0.3) is 0 Å². The second kappa shape index (κ2) is 13.9. The summed E-state index contributed by atoms with van der Waals surface area (Å²) in [6.07, 6.45) is 1.32. The summed E-state index contributed by atoms with van der Waals surface area (Å²) in [5, 5.41) is 0. The lowest BCUT2D eigenvalue weighted by Crippen LogP contribution is -2.48. The molecule has 6 heteroatoms. The van der Waals surface area contributed by atoms with Gasteiger partial charge in [-0.25, -0.2) is 0 Å². The van der Waals surface area contributed by atoms with Gasteiger partial charge in [-0.3, -0.25) is 9.80 Å². The zero-order valence-corrected chi connectivity index (χ0v) is 17.8. The van der Waals surface area contributed by atoms with Crippen LogP contribution in [-0.2, 0) is 18.9 Å². The van der Waals surface area contributed by atoms with E-state index >= 15 is 0 Å². The largest absolute Gasteiger partial charge is 0.378 e. The van der Waals surface area contributed by atoms with Crippen LogP contribution >= 0.6 is 0 Å². The van der Waals surface area contributed by atoms with E-state index in [1.54, 1.807) is 0 Å². The van der Waals surface area contributed by atoms with Gasteiger partial charge in [-0.2, -0.15) is 0 Å². The number of hydrogen-bond donors (Lipinski definition) is 0. The highest BCUT2D eigenvalue weighted by Gasteiger charge is 2.18. The first-order valence-corrected chi connectivity index (χ1v) is 10.3. The van der Waals surface area contributed by atoms with E-state index in [1.165, 1.54) is 0 Å². The first-order valence-electron chi connectivity index (χ1n) is 10.3. The Kier molecular flexibility index (Phi) is 12.7. The van der Waals surface area contributed by atoms with Crippen LogP contribution in [0.15, 0.2) is 0 Å². The maximum Gasteiger partial charge on any atom is 0.0703 e. The molecule has 0 bridgehead atoms. The van der Waals surface area contributed by atoms with Crippen molar-refractivity contribution in [3.8, 4) is 0 Å². The van der Waals surface area contributed by atoms with Crippen molar-refractivity contribution in [1.29, 1.82) is 0 Å². The van der Waals surface area contributed by atoms with E-state index in [2.05, 4.69) is 30.6 Å². The molecule has 1 fully saturated rings. The summed E-state index contributed by atoms with van der Waals surface area (Å²) in [7, 11) is 0. The van der Waals surface area contributed by atoms with Gasteiger partial charge in [-0.05, 0) is 34.1 Å². The van der Waals surface area contributed by atoms with Crippen LogP contribution < -0.4 is 0 Å². The van der Waals surface area contributed by atoms with Crippen molar-refractivity contribution in [2.45, 2.75) is 52.7 Å². The van der Waals surface area contributed by atoms with Gasteiger partial charge in [0.05, 0.1) is 51.3 Å². The second-order valence-corrected chi connectivity index (χ2v) is 7.79. The zero-order valence-electron chi connectivity index (χ0n) is 17.8. The van der Waals surface area contributed by atoms with Crippen LogP contribution in [-0.4, -0.2) is 100 Å². The van der Waals surface area contributed by atoms with Gasteiger partial charge < -0.3 is 18.9 Å². The molecule has 0 aromatic rings. The molecule has 1 aliphatic heterocycles. The van der Waals surface area contributed by atoms with Gasteiger partial charge in [0.15, 0.2) is 0 Å². The molecule has 0 saturated carbocycles. The SMILES string of the molecule is CCC(C)(C)OCCN1CCN(CCOCCOCCOC(C)C)CC1. The third kappa shape index (κ3) is 12.2. The molecule has 6 nitrogen and oxygen atoms in total. The highest BCUT2D eigenvalue weighted by Crippen LogP contribution is 2.13. The van der Waals surface area contributed by atoms with Crippen molar-refractivity contribution in [2.24, 2.45) is 0 Å². The molecule has 1 rings (SSSR count). The van der Waals surface area contributed by atoms with Crippen LogP contribution in [0.2, 0.25) is 0 Å². The summed E-state index contributed by atoms with van der Waals surface area (Å²) in [5.74, 6) is 0. The minimum absolute atomic E-state index is 0.00429. The van der Waals surface area contributed by atoms with Gasteiger partial charge in [-0.1, -0.05) is 6.92 Å². The Morgan fingerprint density at radius 1 is 0.769 bits per heavy atom. The Hall–Kier alpha value is -0.240. The molecule has 0 amide bonds. The van der Waals surface area contributed by atoms with Crippen molar-refractivity contribution in [3.05, 3.63) is 0 Å². The number of nitrogens with zero attached hydrogens (tertiary/aromatic N) is 2. The zero-order chi connectivity index (χ0) is 19.3. The van der Waals surface area contributed by atoms with Gasteiger partial charge in [0.2, 0.25) is 0 Å². The van der Waals surface area contributed by atoms with E-state index < -0.39 is 0 Å².